The average Bonchev–Trinajstić information content (AvgIpc) is 2.72. The number of ether oxygens (including phenoxy) is 1. The van der Waals surface area contributed by atoms with E-state index < -0.39 is 12.0 Å². The summed E-state index contributed by atoms with van der Waals surface area (Å²) >= 11 is 6.35. The molecule has 32 heavy (non-hydrogen) atoms. The third-order valence-electron chi connectivity index (χ3n) is 4.78. The summed E-state index contributed by atoms with van der Waals surface area (Å²) < 4.78 is 8.35. The van der Waals surface area contributed by atoms with Gasteiger partial charge in [-0.3, -0.25) is 4.79 Å². The summed E-state index contributed by atoms with van der Waals surface area (Å²) in [4.78, 5) is 23.9. The van der Waals surface area contributed by atoms with Gasteiger partial charge in [-0.25, -0.2) is 4.79 Å². The van der Waals surface area contributed by atoms with E-state index in [9.17, 15) is 19.8 Å². The van der Waals surface area contributed by atoms with Crippen LogP contribution in [-0.4, -0.2) is 28.1 Å². The Morgan fingerprint density at radius 1 is 1.00 bits per heavy atom. The van der Waals surface area contributed by atoms with Crippen LogP contribution in [0.3, 0.4) is 0 Å². The maximum Gasteiger partial charge on any atom is 0.326 e. The van der Waals surface area contributed by atoms with Crippen molar-refractivity contribution in [3.05, 3.63) is 46.6 Å². The van der Waals surface area contributed by atoms with Gasteiger partial charge in [-0.05, 0) is 110 Å². The van der Waals surface area contributed by atoms with E-state index in [2.05, 4.69) is 57.4 Å². The number of amides is 1. The molecule has 0 saturated carbocycles. The fourth-order valence-corrected chi connectivity index (χ4v) is 5.69. The highest BCUT2D eigenvalue weighted by atomic mass is 127. The maximum atomic E-state index is 12.2. The second kappa shape index (κ2) is 13.8. The summed E-state index contributed by atoms with van der Waals surface area (Å²) in [5.74, 6) is 0.193. The van der Waals surface area contributed by atoms with Gasteiger partial charge in [-0.1, -0.05) is 32.6 Å². The Hall–Kier alpha value is -0.830. The van der Waals surface area contributed by atoms with Crippen molar-refractivity contribution >= 4 is 79.6 Å². The van der Waals surface area contributed by atoms with Crippen molar-refractivity contribution in [2.75, 3.05) is 0 Å². The summed E-state index contributed by atoms with van der Waals surface area (Å²) in [6, 6.07) is 7.78. The number of nitrogens with one attached hydrogen (secondary N) is 1. The fraction of sp³-hybridized carbons (Fsp3) is 0.391. The molecule has 0 aliphatic heterocycles. The summed E-state index contributed by atoms with van der Waals surface area (Å²) in [7, 11) is 0. The van der Waals surface area contributed by atoms with Crippen molar-refractivity contribution in [2.45, 2.75) is 57.9 Å². The lowest BCUT2D eigenvalue weighted by Gasteiger charge is -2.17. The number of hydrogen-bond donors (Lipinski definition) is 3. The molecule has 9 heteroatoms. The van der Waals surface area contributed by atoms with Gasteiger partial charge in [-0.15, -0.1) is 0 Å². The molecule has 0 aliphatic rings. The molecule has 0 aromatic heterocycles. The number of unbranched alkanes of at least 4 members (excludes halogenated alkanes) is 4. The molecule has 1 atom stereocenters. The lowest BCUT2D eigenvalue weighted by molar-refractivity contribution is -0.141. The Labute approximate surface area is 229 Å². The van der Waals surface area contributed by atoms with E-state index >= 15 is 0 Å². The van der Waals surface area contributed by atoms with Crippen molar-refractivity contribution in [3.63, 3.8) is 0 Å². The van der Waals surface area contributed by atoms with Crippen LogP contribution < -0.4 is 10.1 Å². The minimum Gasteiger partial charge on any atom is -0.507 e. The van der Waals surface area contributed by atoms with Crippen LogP contribution in [-0.2, 0) is 16.0 Å². The SMILES string of the molecule is CCCCCCCC(=O)N[C@@H](Cc1cc(I)c(Oc2ccc(O)c(I)c2)c(I)c1)C(=O)O. The zero-order valence-electron chi connectivity index (χ0n) is 17.7. The third kappa shape index (κ3) is 8.84. The molecule has 174 valence electrons. The Morgan fingerprint density at radius 2 is 1.66 bits per heavy atom. The Morgan fingerprint density at radius 3 is 2.25 bits per heavy atom. The number of carboxylic acids is 1. The molecule has 0 saturated heterocycles. The standard InChI is InChI=1S/C23H26I3NO5/c1-2-3-4-5-6-7-21(29)27-19(23(30)31)12-14-10-17(25)22(18(26)11-14)32-15-8-9-20(28)16(24)13-15/h8-11,13,19,28H,2-7,12H2,1H3,(H,27,29)(H,30,31)/t19-/m0/s1. The van der Waals surface area contributed by atoms with Crippen LogP contribution in [0.1, 0.15) is 51.0 Å². The number of phenols is 1. The molecule has 2 aromatic rings. The number of phenolic OH excluding ortho intramolecular Hbond substituents is 1. The monoisotopic (exact) mass is 777 g/mol. The van der Waals surface area contributed by atoms with Crippen molar-refractivity contribution in [1.29, 1.82) is 0 Å². The first kappa shape index (κ1) is 27.4. The minimum atomic E-state index is -1.05. The van der Waals surface area contributed by atoms with Gasteiger partial charge >= 0.3 is 5.97 Å². The van der Waals surface area contributed by atoms with E-state index in [0.29, 0.717) is 21.5 Å². The van der Waals surface area contributed by atoms with Crippen LogP contribution in [0.5, 0.6) is 17.2 Å². The molecule has 0 aliphatic carbocycles. The molecular weight excluding hydrogens is 751 g/mol. The van der Waals surface area contributed by atoms with Crippen LogP contribution in [0.2, 0.25) is 0 Å². The minimum absolute atomic E-state index is 0.195. The highest BCUT2D eigenvalue weighted by Gasteiger charge is 2.21. The molecule has 2 aromatic carbocycles. The molecule has 0 fully saturated rings. The molecule has 6 nitrogen and oxygen atoms in total. The van der Waals surface area contributed by atoms with Gasteiger partial charge in [0, 0.05) is 12.8 Å². The molecular formula is C23H26I3NO5. The van der Waals surface area contributed by atoms with Crippen molar-refractivity contribution in [1.82, 2.24) is 5.32 Å². The van der Waals surface area contributed by atoms with Crippen molar-refractivity contribution in [3.8, 4) is 17.2 Å². The second-order valence-electron chi connectivity index (χ2n) is 7.43. The van der Waals surface area contributed by atoms with Gasteiger partial charge < -0.3 is 20.3 Å². The summed E-state index contributed by atoms with van der Waals surface area (Å²) in [5.41, 5.74) is 0.807. The van der Waals surface area contributed by atoms with E-state index in [1.54, 1.807) is 18.2 Å². The number of hydrogen-bond acceptors (Lipinski definition) is 4. The van der Waals surface area contributed by atoms with Gasteiger partial charge in [0.2, 0.25) is 5.91 Å². The topological polar surface area (TPSA) is 95.9 Å². The number of aliphatic carboxylic acids is 1. The maximum absolute atomic E-state index is 12.2. The Kier molecular flexibility index (Phi) is 11.8. The lowest BCUT2D eigenvalue weighted by atomic mass is 10.1. The molecule has 2 rings (SSSR count). The van der Waals surface area contributed by atoms with Crippen LogP contribution in [0.15, 0.2) is 30.3 Å². The van der Waals surface area contributed by atoms with Crippen LogP contribution in [0, 0.1) is 10.7 Å². The van der Waals surface area contributed by atoms with Gasteiger partial charge in [0.15, 0.2) is 5.75 Å². The van der Waals surface area contributed by atoms with E-state index in [0.717, 1.165) is 44.8 Å². The zero-order chi connectivity index (χ0) is 23.7. The number of carbonyl (C=O) groups excluding carboxylic acids is 1. The largest absolute Gasteiger partial charge is 0.507 e. The quantitative estimate of drug-likeness (QED) is 0.170. The number of halogens is 3. The first-order chi connectivity index (χ1) is 15.2. The summed E-state index contributed by atoms with van der Waals surface area (Å²) in [6.45, 7) is 2.14. The molecule has 0 radical (unpaired) electrons. The zero-order valence-corrected chi connectivity index (χ0v) is 24.1. The smallest absolute Gasteiger partial charge is 0.326 e. The van der Waals surface area contributed by atoms with E-state index in [1.807, 2.05) is 34.7 Å². The van der Waals surface area contributed by atoms with Crippen LogP contribution >= 0.6 is 67.8 Å². The van der Waals surface area contributed by atoms with Crippen LogP contribution in [0.25, 0.3) is 0 Å². The number of aromatic hydroxyl groups is 1. The molecule has 0 spiro atoms. The van der Waals surface area contributed by atoms with Gasteiger partial charge in [0.05, 0.1) is 10.7 Å². The predicted octanol–water partition coefficient (Wildman–Crippen LogP) is 6.47. The van der Waals surface area contributed by atoms with E-state index in [1.165, 1.54) is 0 Å². The van der Waals surface area contributed by atoms with Crippen LogP contribution in [0.4, 0.5) is 0 Å². The molecule has 0 unspecified atom stereocenters. The lowest BCUT2D eigenvalue weighted by Crippen LogP contribution is -2.42. The molecule has 0 bridgehead atoms. The predicted molar refractivity (Wildman–Crippen MR) is 149 cm³/mol. The first-order valence-electron chi connectivity index (χ1n) is 10.4. The number of carbonyl (C=O) groups is 2. The number of benzene rings is 2. The third-order valence-corrected chi connectivity index (χ3v) is 7.24. The first-order valence-corrected chi connectivity index (χ1v) is 13.6. The molecule has 1 amide bonds. The van der Waals surface area contributed by atoms with Crippen molar-refractivity contribution < 1.29 is 24.5 Å². The average molecular weight is 777 g/mol. The number of carboxylic acid groups (broad SMARTS) is 1. The Balaban J connectivity index is 2.04. The highest BCUT2D eigenvalue weighted by molar-refractivity contribution is 14.1. The van der Waals surface area contributed by atoms with Gasteiger partial charge in [0.25, 0.3) is 0 Å². The number of rotatable bonds is 12. The molecule has 3 N–H and O–H groups in total. The van der Waals surface area contributed by atoms with Crippen molar-refractivity contribution in [2.24, 2.45) is 0 Å². The summed E-state index contributed by atoms with van der Waals surface area (Å²) in [5, 5.41) is 21.9. The highest BCUT2D eigenvalue weighted by Crippen LogP contribution is 2.35. The molecule has 0 heterocycles. The van der Waals surface area contributed by atoms with E-state index in [-0.39, 0.29) is 18.1 Å². The second-order valence-corrected chi connectivity index (χ2v) is 10.9. The normalized spacial score (nSPS) is 11.8. The Bertz CT molecular complexity index is 928. The van der Waals surface area contributed by atoms with Gasteiger partial charge in [0.1, 0.15) is 17.5 Å². The summed E-state index contributed by atoms with van der Waals surface area (Å²) in [6.07, 6.45) is 5.69. The van der Waals surface area contributed by atoms with Gasteiger partial charge in [-0.2, -0.15) is 0 Å². The van der Waals surface area contributed by atoms with E-state index in [4.69, 9.17) is 4.74 Å². The fourth-order valence-electron chi connectivity index (χ4n) is 3.09.